The number of carboxylic acids is 1. The summed E-state index contributed by atoms with van der Waals surface area (Å²) in [6.45, 7) is 1.87. The molecule has 0 aliphatic carbocycles. The fourth-order valence-electron chi connectivity index (χ4n) is 1.29. The van der Waals surface area contributed by atoms with Crippen LogP contribution in [0.5, 0.6) is 0 Å². The normalized spacial score (nSPS) is 10.1. The largest absolute Gasteiger partial charge is 0.478 e. The number of hydrogen-bond acceptors (Lipinski definition) is 4. The van der Waals surface area contributed by atoms with E-state index in [1.54, 1.807) is 25.3 Å². The summed E-state index contributed by atoms with van der Waals surface area (Å²) in [7, 11) is 3.44. The van der Waals surface area contributed by atoms with Crippen LogP contribution in [0.4, 0.5) is 5.69 Å². The number of aryl methyl sites for hydroxylation is 1. The van der Waals surface area contributed by atoms with Gasteiger partial charge in [0.15, 0.2) is 0 Å². The molecule has 0 radical (unpaired) electrons. The van der Waals surface area contributed by atoms with Gasteiger partial charge in [0, 0.05) is 7.05 Å². The zero-order valence-corrected chi connectivity index (χ0v) is 9.67. The van der Waals surface area contributed by atoms with Crippen LogP contribution in [0.2, 0.25) is 0 Å². The van der Waals surface area contributed by atoms with Crippen LogP contribution in [0.3, 0.4) is 0 Å². The highest BCUT2D eigenvalue weighted by Gasteiger charge is 2.09. The molecule has 1 rings (SSSR count). The Kier molecular flexibility index (Phi) is 3.99. The van der Waals surface area contributed by atoms with Gasteiger partial charge >= 0.3 is 5.97 Å². The Balaban J connectivity index is 2.97. The third-order valence-electron chi connectivity index (χ3n) is 1.97. The molecule has 1 N–H and O–H groups in total. The van der Waals surface area contributed by atoms with Gasteiger partial charge in [-0.1, -0.05) is 0 Å². The fraction of sp³-hybridized carbons (Fsp3) is 0.300. The number of carbonyl (C=O) groups is 1. The van der Waals surface area contributed by atoms with Gasteiger partial charge in [-0.3, -0.25) is 4.31 Å². The monoisotopic (exact) mass is 227 g/mol. The third kappa shape index (κ3) is 2.87. The molecule has 0 aliphatic heterocycles. The molecule has 82 valence electrons. The van der Waals surface area contributed by atoms with Gasteiger partial charge in [-0.2, -0.15) is 0 Å². The molecule has 0 aliphatic rings. The Morgan fingerprint density at radius 1 is 1.53 bits per heavy atom. The lowest BCUT2D eigenvalue weighted by atomic mass is 10.1. The summed E-state index contributed by atoms with van der Waals surface area (Å²) in [6, 6.07) is 4.99. The standard InChI is InChI=1S/C10H13NO3S/c1-7-6-8(10(12)13)4-5-9(7)11(2)15-14-3/h4-6H,1-3H3,(H,12,13). The van der Waals surface area contributed by atoms with E-state index in [0.717, 1.165) is 11.3 Å². The number of aromatic carboxylic acids is 1. The van der Waals surface area contributed by atoms with Crippen LogP contribution in [0.1, 0.15) is 15.9 Å². The Bertz CT molecular complexity index is 368. The quantitative estimate of drug-likeness (QED) is 0.632. The van der Waals surface area contributed by atoms with Crippen molar-refractivity contribution >= 4 is 23.9 Å². The lowest BCUT2D eigenvalue weighted by Crippen LogP contribution is -2.09. The second-order valence-corrected chi connectivity index (χ2v) is 4.08. The third-order valence-corrected chi connectivity index (χ3v) is 2.54. The first-order chi connectivity index (χ1) is 7.06. The Hall–Kier alpha value is -1.20. The zero-order chi connectivity index (χ0) is 11.4. The number of anilines is 1. The first kappa shape index (κ1) is 11.9. The van der Waals surface area contributed by atoms with Crippen LogP contribution in [0.15, 0.2) is 18.2 Å². The molecule has 0 saturated heterocycles. The van der Waals surface area contributed by atoms with Crippen molar-refractivity contribution in [3.8, 4) is 0 Å². The van der Waals surface area contributed by atoms with E-state index >= 15 is 0 Å². The van der Waals surface area contributed by atoms with Gasteiger partial charge in [0.1, 0.15) is 12.2 Å². The first-order valence-electron chi connectivity index (χ1n) is 4.34. The summed E-state index contributed by atoms with van der Waals surface area (Å²) in [5.41, 5.74) is 2.14. The van der Waals surface area contributed by atoms with E-state index < -0.39 is 5.97 Å². The van der Waals surface area contributed by atoms with Gasteiger partial charge < -0.3 is 9.29 Å². The van der Waals surface area contributed by atoms with Crippen LogP contribution >= 0.6 is 12.2 Å². The van der Waals surface area contributed by atoms with Gasteiger partial charge in [-0.05, 0) is 30.7 Å². The molecule has 0 fully saturated rings. The maximum Gasteiger partial charge on any atom is 0.335 e. The lowest BCUT2D eigenvalue weighted by Gasteiger charge is -2.18. The lowest BCUT2D eigenvalue weighted by molar-refractivity contribution is 0.0697. The molecular formula is C10H13NO3S. The highest BCUT2D eigenvalue weighted by molar-refractivity contribution is 7.96. The predicted molar refractivity (Wildman–Crippen MR) is 61.1 cm³/mol. The van der Waals surface area contributed by atoms with Gasteiger partial charge in [-0.25, -0.2) is 4.79 Å². The van der Waals surface area contributed by atoms with Crippen LogP contribution in [0.25, 0.3) is 0 Å². The van der Waals surface area contributed by atoms with Crippen molar-refractivity contribution in [1.29, 1.82) is 0 Å². The SMILES string of the molecule is COSN(C)c1ccc(C(=O)O)cc1C. The van der Waals surface area contributed by atoms with Crippen molar-refractivity contribution < 1.29 is 14.1 Å². The number of hydrogen-bond donors (Lipinski definition) is 1. The summed E-state index contributed by atoms with van der Waals surface area (Å²) in [5, 5.41) is 8.80. The Labute approximate surface area is 93.2 Å². The van der Waals surface area contributed by atoms with E-state index in [0.29, 0.717) is 5.56 Å². The minimum absolute atomic E-state index is 0.298. The van der Waals surface area contributed by atoms with Crippen LogP contribution in [-0.2, 0) is 4.18 Å². The Morgan fingerprint density at radius 2 is 2.20 bits per heavy atom. The van der Waals surface area contributed by atoms with Gasteiger partial charge in [0.2, 0.25) is 0 Å². The van der Waals surface area contributed by atoms with Crippen molar-refractivity contribution in [1.82, 2.24) is 0 Å². The smallest absolute Gasteiger partial charge is 0.335 e. The predicted octanol–water partition coefficient (Wildman–Crippen LogP) is 2.34. The van der Waals surface area contributed by atoms with Gasteiger partial charge in [0.05, 0.1) is 18.4 Å². The summed E-state index contributed by atoms with van der Waals surface area (Å²) in [4.78, 5) is 10.7. The second kappa shape index (κ2) is 5.04. The molecule has 0 saturated carbocycles. The number of nitrogens with zero attached hydrogens (tertiary/aromatic N) is 1. The van der Waals surface area contributed by atoms with Crippen molar-refractivity contribution in [3.63, 3.8) is 0 Å². The van der Waals surface area contributed by atoms with Crippen molar-refractivity contribution in [3.05, 3.63) is 29.3 Å². The number of carboxylic acid groups (broad SMARTS) is 1. The molecule has 0 bridgehead atoms. The van der Waals surface area contributed by atoms with Crippen molar-refractivity contribution in [2.45, 2.75) is 6.92 Å². The molecule has 0 amide bonds. The second-order valence-electron chi connectivity index (χ2n) is 3.05. The van der Waals surface area contributed by atoms with E-state index in [9.17, 15) is 4.79 Å². The Morgan fingerprint density at radius 3 is 2.67 bits per heavy atom. The fourth-order valence-corrected chi connectivity index (χ4v) is 1.80. The maximum atomic E-state index is 10.7. The van der Waals surface area contributed by atoms with Crippen LogP contribution in [0, 0.1) is 6.92 Å². The van der Waals surface area contributed by atoms with Crippen LogP contribution in [-0.4, -0.2) is 25.2 Å². The molecule has 1 aromatic rings. The van der Waals surface area contributed by atoms with Crippen LogP contribution < -0.4 is 4.31 Å². The molecular weight excluding hydrogens is 214 g/mol. The molecule has 0 unspecified atom stereocenters. The average molecular weight is 227 g/mol. The highest BCUT2D eigenvalue weighted by atomic mass is 32.2. The van der Waals surface area contributed by atoms with Gasteiger partial charge in [0.25, 0.3) is 0 Å². The van der Waals surface area contributed by atoms with E-state index in [4.69, 9.17) is 9.29 Å². The van der Waals surface area contributed by atoms with Crippen molar-refractivity contribution in [2.24, 2.45) is 0 Å². The molecule has 4 nitrogen and oxygen atoms in total. The minimum Gasteiger partial charge on any atom is -0.478 e. The van der Waals surface area contributed by atoms with E-state index in [-0.39, 0.29) is 0 Å². The molecule has 0 heterocycles. The molecule has 0 atom stereocenters. The van der Waals surface area contributed by atoms with E-state index in [1.807, 2.05) is 18.3 Å². The highest BCUT2D eigenvalue weighted by Crippen LogP contribution is 2.25. The molecule has 5 heteroatoms. The molecule has 0 aromatic heterocycles. The zero-order valence-electron chi connectivity index (χ0n) is 8.85. The molecule has 0 spiro atoms. The summed E-state index contributed by atoms with van der Waals surface area (Å²) in [6.07, 6.45) is 0. The van der Waals surface area contributed by atoms with E-state index in [2.05, 4.69) is 0 Å². The van der Waals surface area contributed by atoms with Crippen molar-refractivity contribution in [2.75, 3.05) is 18.5 Å². The first-order valence-corrected chi connectivity index (χ1v) is 5.04. The van der Waals surface area contributed by atoms with E-state index in [1.165, 1.54) is 12.2 Å². The minimum atomic E-state index is -0.910. The maximum absolute atomic E-state index is 10.7. The summed E-state index contributed by atoms with van der Waals surface area (Å²) >= 11 is 1.20. The summed E-state index contributed by atoms with van der Waals surface area (Å²) in [5.74, 6) is -0.910. The van der Waals surface area contributed by atoms with Gasteiger partial charge in [-0.15, -0.1) is 0 Å². The average Bonchev–Trinajstić information content (AvgIpc) is 2.17. The molecule has 15 heavy (non-hydrogen) atoms. The summed E-state index contributed by atoms with van der Waals surface area (Å²) < 4.78 is 6.75. The molecule has 1 aromatic carbocycles. The topological polar surface area (TPSA) is 49.8 Å². The number of benzene rings is 1. The number of rotatable bonds is 4.